The minimum atomic E-state index is 0.516. The SMILES string of the molecule is CCCCCCCCC(NC)c1cscc1Br. The first-order chi connectivity index (χ1) is 8.29. The monoisotopic (exact) mass is 317 g/mol. The first-order valence-corrected chi connectivity index (χ1v) is 8.42. The molecular weight excluding hydrogens is 294 g/mol. The summed E-state index contributed by atoms with van der Waals surface area (Å²) in [5.41, 5.74) is 1.42. The fourth-order valence-corrected chi connectivity index (χ4v) is 3.75. The van der Waals surface area contributed by atoms with Gasteiger partial charge in [-0.2, -0.15) is 11.3 Å². The molecule has 0 radical (unpaired) electrons. The van der Waals surface area contributed by atoms with Crippen molar-refractivity contribution in [1.29, 1.82) is 0 Å². The number of hydrogen-bond donors (Lipinski definition) is 1. The molecule has 1 unspecified atom stereocenters. The zero-order chi connectivity index (χ0) is 12.5. The molecule has 1 atom stereocenters. The van der Waals surface area contributed by atoms with Crippen LogP contribution in [0.2, 0.25) is 0 Å². The van der Waals surface area contributed by atoms with Crippen LogP contribution in [0.5, 0.6) is 0 Å². The van der Waals surface area contributed by atoms with Gasteiger partial charge >= 0.3 is 0 Å². The maximum absolute atomic E-state index is 3.62. The maximum atomic E-state index is 3.62. The highest BCUT2D eigenvalue weighted by atomic mass is 79.9. The number of rotatable bonds is 9. The van der Waals surface area contributed by atoms with Crippen molar-refractivity contribution >= 4 is 27.3 Å². The first-order valence-electron chi connectivity index (χ1n) is 6.68. The molecule has 0 aromatic carbocycles. The van der Waals surface area contributed by atoms with E-state index in [9.17, 15) is 0 Å². The summed E-state index contributed by atoms with van der Waals surface area (Å²) in [6.07, 6.45) is 9.49. The van der Waals surface area contributed by atoms with Gasteiger partial charge in [0, 0.05) is 15.9 Å². The first kappa shape index (κ1) is 15.2. The Labute approximate surface area is 118 Å². The topological polar surface area (TPSA) is 12.0 Å². The summed E-state index contributed by atoms with van der Waals surface area (Å²) in [5, 5.41) is 7.84. The van der Waals surface area contributed by atoms with Gasteiger partial charge < -0.3 is 5.32 Å². The van der Waals surface area contributed by atoms with E-state index in [1.54, 1.807) is 11.3 Å². The molecule has 1 aromatic heterocycles. The number of thiophene rings is 1. The van der Waals surface area contributed by atoms with E-state index in [1.165, 1.54) is 55.0 Å². The molecule has 0 fully saturated rings. The second-order valence-corrected chi connectivity index (χ2v) is 6.17. The minimum absolute atomic E-state index is 0.516. The molecule has 1 aromatic rings. The zero-order valence-electron chi connectivity index (χ0n) is 11.0. The number of hydrogen-bond acceptors (Lipinski definition) is 2. The molecule has 0 bridgehead atoms. The van der Waals surface area contributed by atoms with Gasteiger partial charge in [0.15, 0.2) is 0 Å². The molecule has 0 saturated carbocycles. The lowest BCUT2D eigenvalue weighted by atomic mass is 10.0. The Morgan fingerprint density at radius 1 is 1.18 bits per heavy atom. The molecule has 1 nitrogen and oxygen atoms in total. The number of nitrogens with one attached hydrogen (secondary N) is 1. The zero-order valence-corrected chi connectivity index (χ0v) is 13.4. The van der Waals surface area contributed by atoms with Crippen molar-refractivity contribution in [2.75, 3.05) is 7.05 Å². The molecule has 17 heavy (non-hydrogen) atoms. The van der Waals surface area contributed by atoms with Gasteiger partial charge in [-0.25, -0.2) is 0 Å². The van der Waals surface area contributed by atoms with Gasteiger partial charge in [-0.1, -0.05) is 45.4 Å². The Morgan fingerprint density at radius 2 is 1.88 bits per heavy atom. The van der Waals surface area contributed by atoms with Gasteiger partial charge in [0.05, 0.1) is 0 Å². The third kappa shape index (κ3) is 5.54. The predicted octanol–water partition coefficient (Wildman–Crippen LogP) is 5.52. The largest absolute Gasteiger partial charge is 0.313 e. The molecule has 3 heteroatoms. The van der Waals surface area contributed by atoms with Crippen LogP contribution in [-0.2, 0) is 0 Å². The third-order valence-corrected chi connectivity index (χ3v) is 4.96. The van der Waals surface area contributed by atoms with Crippen molar-refractivity contribution in [3.05, 3.63) is 20.8 Å². The van der Waals surface area contributed by atoms with E-state index in [1.807, 2.05) is 0 Å². The Balaban J connectivity index is 2.22. The summed E-state index contributed by atoms with van der Waals surface area (Å²) >= 11 is 5.39. The standard InChI is InChI=1S/C14H24BrNS/c1-3-4-5-6-7-8-9-14(16-2)12-10-17-11-13(12)15/h10-11,14,16H,3-9H2,1-2H3. The Morgan fingerprint density at radius 3 is 2.47 bits per heavy atom. The van der Waals surface area contributed by atoms with E-state index < -0.39 is 0 Å². The van der Waals surface area contributed by atoms with Crippen molar-refractivity contribution in [3.63, 3.8) is 0 Å². The average Bonchev–Trinajstić information content (AvgIpc) is 2.75. The molecule has 0 aliphatic rings. The number of halogens is 1. The Kier molecular flexibility index (Phi) is 8.15. The molecule has 1 heterocycles. The van der Waals surface area contributed by atoms with Crippen LogP contribution < -0.4 is 5.32 Å². The molecule has 0 spiro atoms. The van der Waals surface area contributed by atoms with Crippen molar-refractivity contribution in [3.8, 4) is 0 Å². The maximum Gasteiger partial charge on any atom is 0.0337 e. The van der Waals surface area contributed by atoms with Gasteiger partial charge in [-0.3, -0.25) is 0 Å². The summed E-state index contributed by atoms with van der Waals surface area (Å²) in [6.45, 7) is 2.27. The third-order valence-electron chi connectivity index (χ3n) is 3.21. The summed E-state index contributed by atoms with van der Waals surface area (Å²) < 4.78 is 1.26. The van der Waals surface area contributed by atoms with Crippen LogP contribution in [0.1, 0.15) is 63.5 Å². The predicted molar refractivity (Wildman–Crippen MR) is 81.8 cm³/mol. The fraction of sp³-hybridized carbons (Fsp3) is 0.714. The van der Waals surface area contributed by atoms with Gasteiger partial charge in [-0.15, -0.1) is 0 Å². The normalized spacial score (nSPS) is 12.9. The highest BCUT2D eigenvalue weighted by molar-refractivity contribution is 9.10. The van der Waals surface area contributed by atoms with E-state index in [0.717, 1.165) is 0 Å². The summed E-state index contributed by atoms with van der Waals surface area (Å²) in [5.74, 6) is 0. The van der Waals surface area contributed by atoms with Crippen LogP contribution in [0.25, 0.3) is 0 Å². The summed E-state index contributed by atoms with van der Waals surface area (Å²) in [4.78, 5) is 0. The quantitative estimate of drug-likeness (QED) is 0.591. The molecule has 98 valence electrons. The van der Waals surface area contributed by atoms with Gasteiger partial charge in [0.1, 0.15) is 0 Å². The van der Waals surface area contributed by atoms with Gasteiger partial charge in [0.25, 0.3) is 0 Å². The highest BCUT2D eigenvalue weighted by Crippen LogP contribution is 2.30. The van der Waals surface area contributed by atoms with E-state index in [2.05, 4.69) is 46.0 Å². The minimum Gasteiger partial charge on any atom is -0.313 e. The van der Waals surface area contributed by atoms with Crippen LogP contribution in [0, 0.1) is 0 Å². The second-order valence-electron chi connectivity index (χ2n) is 4.57. The van der Waals surface area contributed by atoms with Gasteiger partial charge in [0.2, 0.25) is 0 Å². The van der Waals surface area contributed by atoms with E-state index in [-0.39, 0.29) is 0 Å². The molecule has 0 aliphatic heterocycles. The summed E-state index contributed by atoms with van der Waals surface area (Å²) in [6, 6.07) is 0.516. The molecule has 0 amide bonds. The van der Waals surface area contributed by atoms with Gasteiger partial charge in [-0.05, 0) is 40.3 Å². The van der Waals surface area contributed by atoms with Crippen LogP contribution in [-0.4, -0.2) is 7.05 Å². The molecule has 1 rings (SSSR count). The lowest BCUT2D eigenvalue weighted by Crippen LogP contribution is -2.15. The van der Waals surface area contributed by atoms with Crippen LogP contribution >= 0.6 is 27.3 Å². The Hall–Kier alpha value is 0.140. The smallest absolute Gasteiger partial charge is 0.0337 e. The molecule has 0 saturated heterocycles. The van der Waals surface area contributed by atoms with Crippen LogP contribution in [0.15, 0.2) is 15.2 Å². The second kappa shape index (κ2) is 9.12. The highest BCUT2D eigenvalue weighted by Gasteiger charge is 2.12. The Bertz CT molecular complexity index is 298. The van der Waals surface area contributed by atoms with Crippen LogP contribution in [0.4, 0.5) is 0 Å². The molecule has 1 N–H and O–H groups in total. The summed E-state index contributed by atoms with van der Waals surface area (Å²) in [7, 11) is 2.06. The van der Waals surface area contributed by atoms with Crippen molar-refractivity contribution in [2.45, 2.75) is 57.9 Å². The van der Waals surface area contributed by atoms with Crippen molar-refractivity contribution in [1.82, 2.24) is 5.32 Å². The van der Waals surface area contributed by atoms with Crippen molar-refractivity contribution < 1.29 is 0 Å². The molecule has 0 aliphatic carbocycles. The molecular formula is C14H24BrNS. The van der Waals surface area contributed by atoms with Crippen LogP contribution in [0.3, 0.4) is 0 Å². The lowest BCUT2D eigenvalue weighted by Gasteiger charge is -2.15. The average molecular weight is 318 g/mol. The van der Waals surface area contributed by atoms with Crippen molar-refractivity contribution in [2.24, 2.45) is 0 Å². The van der Waals surface area contributed by atoms with E-state index in [4.69, 9.17) is 0 Å². The number of unbranched alkanes of at least 4 members (excludes halogenated alkanes) is 5. The lowest BCUT2D eigenvalue weighted by molar-refractivity contribution is 0.497. The van der Waals surface area contributed by atoms with E-state index >= 15 is 0 Å². The fourth-order valence-electron chi connectivity index (χ4n) is 2.12. The van der Waals surface area contributed by atoms with E-state index in [0.29, 0.717) is 6.04 Å².